The first-order valence-corrected chi connectivity index (χ1v) is 8.25. The van der Waals surface area contributed by atoms with Gasteiger partial charge in [-0.3, -0.25) is 0 Å². The van der Waals surface area contributed by atoms with E-state index in [4.69, 9.17) is 9.47 Å². The zero-order valence-electron chi connectivity index (χ0n) is 12.3. The van der Waals surface area contributed by atoms with E-state index in [1.807, 2.05) is 0 Å². The van der Waals surface area contributed by atoms with Gasteiger partial charge in [0, 0.05) is 18.6 Å². The van der Waals surface area contributed by atoms with Crippen LogP contribution in [-0.2, 0) is 0 Å². The molecule has 0 aliphatic rings. The van der Waals surface area contributed by atoms with Crippen molar-refractivity contribution >= 4 is 31.9 Å². The third-order valence-corrected chi connectivity index (χ3v) is 4.47. The average molecular weight is 494 g/mol. The largest absolute Gasteiger partial charge is 0.454 e. The Bertz CT molecular complexity index is 750. The van der Waals surface area contributed by atoms with Gasteiger partial charge in [0.05, 0.1) is 8.95 Å². The van der Waals surface area contributed by atoms with Crippen molar-refractivity contribution < 1.29 is 35.8 Å². The molecule has 2 nitrogen and oxygen atoms in total. The van der Waals surface area contributed by atoms with Crippen molar-refractivity contribution in [2.75, 3.05) is 0 Å². The summed E-state index contributed by atoms with van der Waals surface area (Å²) in [6.07, 6.45) is -1.19. The van der Waals surface area contributed by atoms with Gasteiger partial charge in [-0.25, -0.2) is 26.3 Å². The molecule has 0 heterocycles. The normalized spacial score (nSPS) is 11.1. The zero-order chi connectivity index (χ0) is 18.9. The fourth-order valence-corrected chi connectivity index (χ4v) is 2.51. The van der Waals surface area contributed by atoms with Crippen molar-refractivity contribution in [3.05, 3.63) is 56.0 Å². The number of rotatable bonds is 5. The van der Waals surface area contributed by atoms with Crippen LogP contribution in [0.1, 0.15) is 13.3 Å². The van der Waals surface area contributed by atoms with E-state index < -0.39 is 61.6 Å². The van der Waals surface area contributed by atoms with Crippen molar-refractivity contribution in [1.82, 2.24) is 0 Å². The Hall–Kier alpha value is -1.42. The molecule has 0 atom stereocenters. The number of hydrogen-bond acceptors (Lipinski definition) is 2. The maximum atomic E-state index is 13.5. The highest BCUT2D eigenvalue weighted by molar-refractivity contribution is 9.11. The van der Waals surface area contributed by atoms with Gasteiger partial charge >= 0.3 is 0 Å². The first kappa shape index (κ1) is 19.9. The van der Waals surface area contributed by atoms with E-state index in [0.717, 1.165) is 0 Å². The molecule has 0 aliphatic carbocycles. The number of halogens is 8. The molecule has 0 saturated heterocycles. The molecular weight excluding hydrogens is 486 g/mol. The fraction of sp³-hybridized carbons (Fsp3) is 0.200. The van der Waals surface area contributed by atoms with E-state index in [9.17, 15) is 26.3 Å². The van der Waals surface area contributed by atoms with E-state index in [-0.39, 0.29) is 6.42 Å². The van der Waals surface area contributed by atoms with Gasteiger partial charge < -0.3 is 9.47 Å². The lowest BCUT2D eigenvalue weighted by Crippen LogP contribution is -2.24. The van der Waals surface area contributed by atoms with Crippen molar-refractivity contribution in [3.63, 3.8) is 0 Å². The minimum atomic E-state index is -1.70. The molecule has 0 radical (unpaired) electrons. The van der Waals surface area contributed by atoms with Crippen LogP contribution in [0.2, 0.25) is 0 Å². The molecule has 0 N–H and O–H groups in total. The van der Waals surface area contributed by atoms with E-state index in [1.54, 1.807) is 6.92 Å². The van der Waals surface area contributed by atoms with Crippen molar-refractivity contribution in [3.8, 4) is 11.5 Å². The van der Waals surface area contributed by atoms with Gasteiger partial charge in [0.1, 0.15) is 11.5 Å². The van der Waals surface area contributed by atoms with Gasteiger partial charge in [-0.2, -0.15) is 0 Å². The summed E-state index contributed by atoms with van der Waals surface area (Å²) in [4.78, 5) is 0. The summed E-state index contributed by atoms with van der Waals surface area (Å²) in [6.45, 7) is 1.54. The van der Waals surface area contributed by atoms with Gasteiger partial charge in [-0.05, 0) is 31.9 Å². The lowest BCUT2D eigenvalue weighted by atomic mass is 10.3. The molecule has 0 amide bonds. The molecule has 10 heteroatoms. The Kier molecular flexibility index (Phi) is 6.26. The monoisotopic (exact) mass is 492 g/mol. The molecule has 0 bridgehead atoms. The fourth-order valence-electron chi connectivity index (χ4n) is 1.75. The van der Waals surface area contributed by atoms with Crippen LogP contribution >= 0.6 is 31.9 Å². The van der Waals surface area contributed by atoms with Gasteiger partial charge in [-0.15, -0.1) is 0 Å². The molecule has 0 saturated carbocycles. The van der Waals surface area contributed by atoms with Crippen molar-refractivity contribution in [1.29, 1.82) is 0 Å². The van der Waals surface area contributed by atoms with E-state index >= 15 is 0 Å². The molecule has 2 rings (SSSR count). The summed E-state index contributed by atoms with van der Waals surface area (Å²) < 4.78 is 89.3. The maximum absolute atomic E-state index is 13.5. The second-order valence-electron chi connectivity index (χ2n) is 4.67. The predicted molar refractivity (Wildman–Crippen MR) is 83.4 cm³/mol. The molecule has 0 aromatic heterocycles. The summed E-state index contributed by atoms with van der Waals surface area (Å²) in [5.41, 5.74) is 0. The van der Waals surface area contributed by atoms with Crippen LogP contribution < -0.4 is 9.47 Å². The summed E-state index contributed by atoms with van der Waals surface area (Å²) in [6, 6.07) is 1.16. The van der Waals surface area contributed by atoms with Gasteiger partial charge in [-0.1, -0.05) is 6.92 Å². The van der Waals surface area contributed by atoms with Crippen LogP contribution in [0.5, 0.6) is 11.5 Å². The SMILES string of the molecule is CCC(Oc1cc(F)c(F)c(F)c1Br)Oc1cc(F)c(F)c(F)c1Br. The molecule has 136 valence electrons. The summed E-state index contributed by atoms with van der Waals surface area (Å²) in [5, 5.41) is 0. The first-order valence-electron chi connectivity index (χ1n) is 6.66. The molecule has 2 aromatic rings. The highest BCUT2D eigenvalue weighted by Gasteiger charge is 2.23. The number of ether oxygens (including phenoxy) is 2. The van der Waals surface area contributed by atoms with Crippen molar-refractivity contribution in [2.24, 2.45) is 0 Å². The second kappa shape index (κ2) is 7.86. The predicted octanol–water partition coefficient (Wildman–Crippen LogP) is 6.24. The average Bonchev–Trinajstić information content (AvgIpc) is 2.59. The lowest BCUT2D eigenvalue weighted by molar-refractivity contribution is 0.000953. The van der Waals surface area contributed by atoms with Gasteiger partial charge in [0.25, 0.3) is 0 Å². The Morgan fingerprint density at radius 1 is 0.760 bits per heavy atom. The second-order valence-corrected chi connectivity index (χ2v) is 6.26. The van der Waals surface area contributed by atoms with E-state index in [2.05, 4.69) is 31.9 Å². The Morgan fingerprint density at radius 2 is 1.12 bits per heavy atom. The quantitative estimate of drug-likeness (QED) is 0.212. The molecule has 0 spiro atoms. The van der Waals surface area contributed by atoms with Crippen LogP contribution in [0, 0.1) is 34.9 Å². The molecule has 0 aliphatic heterocycles. The summed E-state index contributed by atoms with van der Waals surface area (Å²) >= 11 is 5.43. The van der Waals surface area contributed by atoms with E-state index in [0.29, 0.717) is 12.1 Å². The van der Waals surface area contributed by atoms with Crippen LogP contribution in [0.15, 0.2) is 21.1 Å². The zero-order valence-corrected chi connectivity index (χ0v) is 15.5. The standard InChI is InChI=1S/C15H8Br2F6O2/c1-2-9(24-7-3-5(18)12(20)14(22)10(7)16)25-8-4-6(19)13(21)15(23)11(8)17/h3-4,9H,2H2,1H3. The minimum Gasteiger partial charge on any atom is -0.454 e. The van der Waals surface area contributed by atoms with Gasteiger partial charge in [0.15, 0.2) is 34.9 Å². The Balaban J connectivity index is 2.31. The topological polar surface area (TPSA) is 18.5 Å². The van der Waals surface area contributed by atoms with Crippen LogP contribution in [0.4, 0.5) is 26.3 Å². The smallest absolute Gasteiger partial charge is 0.241 e. The first-order chi connectivity index (χ1) is 11.7. The minimum absolute atomic E-state index is 0.0696. The maximum Gasteiger partial charge on any atom is 0.241 e. The third kappa shape index (κ3) is 4.05. The molecular formula is C15H8Br2F6O2. The summed E-state index contributed by atoms with van der Waals surface area (Å²) in [7, 11) is 0. The van der Waals surface area contributed by atoms with Crippen molar-refractivity contribution in [2.45, 2.75) is 19.6 Å². The molecule has 0 fully saturated rings. The molecule has 25 heavy (non-hydrogen) atoms. The molecule has 2 aromatic carbocycles. The Labute approximate surface area is 155 Å². The Morgan fingerprint density at radius 3 is 1.44 bits per heavy atom. The van der Waals surface area contributed by atoms with Crippen LogP contribution in [0.3, 0.4) is 0 Å². The molecule has 0 unspecified atom stereocenters. The number of benzene rings is 2. The third-order valence-electron chi connectivity index (χ3n) is 2.99. The van der Waals surface area contributed by atoms with Gasteiger partial charge in [0.2, 0.25) is 6.29 Å². The lowest BCUT2D eigenvalue weighted by Gasteiger charge is -2.21. The highest BCUT2D eigenvalue weighted by Crippen LogP contribution is 2.35. The van der Waals surface area contributed by atoms with E-state index in [1.165, 1.54) is 0 Å². The van der Waals surface area contributed by atoms with Crippen LogP contribution in [0.25, 0.3) is 0 Å². The number of hydrogen-bond donors (Lipinski definition) is 0. The highest BCUT2D eigenvalue weighted by atomic mass is 79.9. The summed E-state index contributed by atoms with van der Waals surface area (Å²) in [5.74, 6) is -10.3. The van der Waals surface area contributed by atoms with Crippen LogP contribution in [-0.4, -0.2) is 6.29 Å².